The maximum absolute atomic E-state index is 12.8. The van der Waals surface area contributed by atoms with Crippen LogP contribution in [-0.4, -0.2) is 29.6 Å². The number of aliphatic hydroxyl groups is 1. The number of alkyl halides is 3. The van der Waals surface area contributed by atoms with E-state index >= 15 is 0 Å². The van der Waals surface area contributed by atoms with E-state index in [0.29, 0.717) is 18.4 Å². The smallest absolute Gasteiger partial charge is 0.385 e. The third-order valence-electron chi connectivity index (χ3n) is 7.29. The molecule has 0 amide bonds. The molecule has 2 aliphatic rings. The van der Waals surface area contributed by atoms with Gasteiger partial charge in [0.1, 0.15) is 0 Å². The van der Waals surface area contributed by atoms with Gasteiger partial charge >= 0.3 is 6.18 Å². The Kier molecular flexibility index (Phi) is 7.26. The van der Waals surface area contributed by atoms with Crippen molar-refractivity contribution in [2.24, 2.45) is 0 Å². The number of rotatable bonds is 6. The number of hydrogen-bond donors (Lipinski definition) is 1. The molecule has 2 aromatic rings. The normalized spacial score (nSPS) is 19.4. The summed E-state index contributed by atoms with van der Waals surface area (Å²) in [6.45, 7) is 2.56. The van der Waals surface area contributed by atoms with E-state index in [1.165, 1.54) is 49.8 Å². The maximum Gasteiger partial charge on any atom is 0.416 e. The highest BCUT2D eigenvalue weighted by atomic mass is 19.4. The molecule has 4 rings (SSSR count). The van der Waals surface area contributed by atoms with Crippen LogP contribution in [0.1, 0.15) is 72.8 Å². The Morgan fingerprint density at radius 3 is 2.22 bits per heavy atom. The van der Waals surface area contributed by atoms with E-state index < -0.39 is 17.3 Å². The zero-order valence-corrected chi connectivity index (χ0v) is 18.8. The molecule has 0 atom stereocenters. The summed E-state index contributed by atoms with van der Waals surface area (Å²) in [6, 6.07) is 12.1. The van der Waals surface area contributed by atoms with Gasteiger partial charge in [-0.3, -0.25) is 0 Å². The van der Waals surface area contributed by atoms with E-state index in [-0.39, 0.29) is 0 Å². The van der Waals surface area contributed by atoms with Crippen molar-refractivity contribution in [1.29, 1.82) is 0 Å². The van der Waals surface area contributed by atoms with E-state index in [4.69, 9.17) is 0 Å². The monoisotopic (exact) mass is 445 g/mol. The molecule has 1 aliphatic heterocycles. The van der Waals surface area contributed by atoms with Crippen LogP contribution in [0.5, 0.6) is 0 Å². The van der Waals surface area contributed by atoms with Crippen molar-refractivity contribution in [3.63, 3.8) is 0 Å². The molecule has 32 heavy (non-hydrogen) atoms. The first-order valence-electron chi connectivity index (χ1n) is 12.1. The fourth-order valence-corrected chi connectivity index (χ4v) is 5.19. The summed E-state index contributed by atoms with van der Waals surface area (Å²) in [7, 11) is 0. The third-order valence-corrected chi connectivity index (χ3v) is 7.29. The number of aryl methyl sites for hydroxylation is 3. The van der Waals surface area contributed by atoms with Crippen LogP contribution in [0.25, 0.3) is 0 Å². The molecule has 0 bridgehead atoms. The molecule has 2 aromatic carbocycles. The molecular formula is C27H34F3NO. The summed E-state index contributed by atoms with van der Waals surface area (Å²) in [4.78, 5) is 2.37. The van der Waals surface area contributed by atoms with Crippen LogP contribution in [0.15, 0.2) is 42.5 Å². The lowest BCUT2D eigenvalue weighted by Crippen LogP contribution is -2.42. The Morgan fingerprint density at radius 2 is 1.53 bits per heavy atom. The number of nitrogens with zero attached hydrogens (tertiary/aromatic N) is 1. The number of unbranched alkanes of at least 4 members (excludes halogenated alkanes) is 1. The minimum atomic E-state index is -4.34. The number of piperidine rings is 1. The molecule has 1 fully saturated rings. The van der Waals surface area contributed by atoms with Crippen molar-refractivity contribution in [2.45, 2.75) is 76.0 Å². The van der Waals surface area contributed by atoms with E-state index in [9.17, 15) is 18.3 Å². The minimum Gasteiger partial charge on any atom is -0.385 e. The molecule has 0 aromatic heterocycles. The molecule has 0 spiro atoms. The van der Waals surface area contributed by atoms with Gasteiger partial charge in [-0.1, -0.05) is 36.8 Å². The highest BCUT2D eigenvalue weighted by molar-refractivity contribution is 5.33. The molecule has 2 nitrogen and oxygen atoms in total. The van der Waals surface area contributed by atoms with Crippen LogP contribution in [0.3, 0.4) is 0 Å². The number of fused-ring (bicyclic) bond motifs is 1. The lowest BCUT2D eigenvalue weighted by Gasteiger charge is -2.38. The first-order valence-corrected chi connectivity index (χ1v) is 12.1. The van der Waals surface area contributed by atoms with Crippen LogP contribution < -0.4 is 0 Å². The summed E-state index contributed by atoms with van der Waals surface area (Å²) in [5.74, 6) is 0. The van der Waals surface area contributed by atoms with Gasteiger partial charge in [0.15, 0.2) is 0 Å². The van der Waals surface area contributed by atoms with Crippen molar-refractivity contribution in [3.05, 3.63) is 70.3 Å². The van der Waals surface area contributed by atoms with Crippen molar-refractivity contribution in [1.82, 2.24) is 4.90 Å². The Morgan fingerprint density at radius 1 is 0.844 bits per heavy atom. The largest absolute Gasteiger partial charge is 0.416 e. The van der Waals surface area contributed by atoms with Gasteiger partial charge in [0.25, 0.3) is 0 Å². The molecule has 1 aliphatic carbocycles. The Bertz CT molecular complexity index is 883. The van der Waals surface area contributed by atoms with Crippen LogP contribution >= 0.6 is 0 Å². The van der Waals surface area contributed by atoms with Crippen LogP contribution in [0.4, 0.5) is 13.2 Å². The molecule has 1 saturated heterocycles. The predicted molar refractivity (Wildman–Crippen MR) is 122 cm³/mol. The van der Waals surface area contributed by atoms with Gasteiger partial charge in [0.05, 0.1) is 11.2 Å². The van der Waals surface area contributed by atoms with Gasteiger partial charge < -0.3 is 10.0 Å². The third kappa shape index (κ3) is 5.74. The summed E-state index contributed by atoms with van der Waals surface area (Å²) < 4.78 is 38.4. The lowest BCUT2D eigenvalue weighted by atomic mass is 9.84. The van der Waals surface area contributed by atoms with Gasteiger partial charge in [-0.2, -0.15) is 13.2 Å². The topological polar surface area (TPSA) is 23.5 Å². The average Bonchev–Trinajstić information content (AvgIpc) is 3.02. The minimum absolute atomic E-state index is 0.559. The van der Waals surface area contributed by atoms with E-state index in [1.807, 2.05) is 0 Å². The van der Waals surface area contributed by atoms with Gasteiger partial charge in [-0.05, 0) is 98.7 Å². The molecule has 0 saturated carbocycles. The molecule has 0 radical (unpaired) electrons. The SMILES string of the molecule is OC1(c2ccc(C(F)(F)F)cc2)CCN(CCCCc2ccc3c(c2)CCCCC3)CC1. The molecule has 0 unspecified atom stereocenters. The van der Waals surface area contributed by atoms with Crippen molar-refractivity contribution < 1.29 is 18.3 Å². The Balaban J connectivity index is 1.21. The fourth-order valence-electron chi connectivity index (χ4n) is 5.19. The second-order valence-corrected chi connectivity index (χ2v) is 9.57. The van der Waals surface area contributed by atoms with E-state index in [0.717, 1.165) is 51.0 Å². The highest BCUT2D eigenvalue weighted by Gasteiger charge is 2.35. The summed E-state index contributed by atoms with van der Waals surface area (Å²) >= 11 is 0. The first-order chi connectivity index (χ1) is 15.3. The van der Waals surface area contributed by atoms with Crippen LogP contribution in [-0.2, 0) is 31.0 Å². The van der Waals surface area contributed by atoms with Gasteiger partial charge in [0.2, 0.25) is 0 Å². The van der Waals surface area contributed by atoms with E-state index in [1.54, 1.807) is 11.1 Å². The standard InChI is InChI=1S/C27H34F3NO/c28-27(29,30)25-13-11-24(12-14-25)26(32)15-18-31(19-16-26)17-5-4-6-21-9-10-22-7-2-1-3-8-23(22)20-21/h9-14,20,32H,1-8,15-19H2. The van der Waals surface area contributed by atoms with Crippen molar-refractivity contribution in [3.8, 4) is 0 Å². The predicted octanol–water partition coefficient (Wildman–Crippen LogP) is 6.28. The highest BCUT2D eigenvalue weighted by Crippen LogP contribution is 2.35. The summed E-state index contributed by atoms with van der Waals surface area (Å²) in [5, 5.41) is 11.0. The Labute approximate surface area is 189 Å². The summed E-state index contributed by atoms with van der Waals surface area (Å²) in [5.41, 5.74) is 3.44. The maximum atomic E-state index is 12.8. The number of halogens is 3. The number of likely N-dealkylation sites (tertiary alicyclic amines) is 1. The molecule has 1 heterocycles. The second-order valence-electron chi connectivity index (χ2n) is 9.57. The number of hydrogen-bond acceptors (Lipinski definition) is 2. The zero-order chi connectivity index (χ0) is 22.6. The fraction of sp³-hybridized carbons (Fsp3) is 0.556. The lowest BCUT2D eigenvalue weighted by molar-refractivity contribution is -0.137. The molecular weight excluding hydrogens is 411 g/mol. The van der Waals surface area contributed by atoms with Gasteiger partial charge in [-0.25, -0.2) is 0 Å². The van der Waals surface area contributed by atoms with Crippen LogP contribution in [0, 0.1) is 0 Å². The van der Waals surface area contributed by atoms with Crippen molar-refractivity contribution >= 4 is 0 Å². The van der Waals surface area contributed by atoms with Gasteiger partial charge in [0, 0.05) is 13.1 Å². The Hall–Kier alpha value is -1.85. The van der Waals surface area contributed by atoms with Crippen molar-refractivity contribution in [2.75, 3.05) is 19.6 Å². The summed E-state index contributed by atoms with van der Waals surface area (Å²) in [6.07, 6.45) is 6.57. The zero-order valence-electron chi connectivity index (χ0n) is 18.8. The van der Waals surface area contributed by atoms with Gasteiger partial charge in [-0.15, -0.1) is 0 Å². The van der Waals surface area contributed by atoms with Crippen LogP contribution in [0.2, 0.25) is 0 Å². The number of benzene rings is 2. The average molecular weight is 446 g/mol. The van der Waals surface area contributed by atoms with E-state index in [2.05, 4.69) is 23.1 Å². The molecule has 174 valence electrons. The molecule has 1 N–H and O–H groups in total. The first kappa shape index (κ1) is 23.3. The second kappa shape index (κ2) is 9.96. The molecule has 5 heteroatoms. The quantitative estimate of drug-likeness (QED) is 0.418.